The Labute approximate surface area is 220 Å². The lowest BCUT2D eigenvalue weighted by molar-refractivity contribution is 0.0748. The highest BCUT2D eigenvalue weighted by Gasteiger charge is 2.33. The van der Waals surface area contributed by atoms with Crippen molar-refractivity contribution in [2.45, 2.75) is 19.4 Å². The van der Waals surface area contributed by atoms with Crippen LogP contribution in [-0.2, 0) is 9.84 Å². The molecule has 1 atom stereocenters. The Kier molecular flexibility index (Phi) is 6.14. The maximum Gasteiger partial charge on any atom is 0.254 e. The van der Waals surface area contributed by atoms with Crippen LogP contribution in [0.4, 0.5) is 10.1 Å². The molecule has 2 aliphatic heterocycles. The second-order valence-corrected chi connectivity index (χ2v) is 12.2. The molecule has 0 saturated carbocycles. The lowest BCUT2D eigenvalue weighted by Crippen LogP contribution is -2.48. The number of carbonyl (C=O) groups excluding carboxylic acids is 1. The number of pyridine rings is 1. The molecule has 196 valence electrons. The zero-order valence-corrected chi connectivity index (χ0v) is 21.9. The molecular weight excluding hydrogens is 505 g/mol. The van der Waals surface area contributed by atoms with Crippen LogP contribution in [0.25, 0.3) is 22.3 Å². The quantitative estimate of drug-likeness (QED) is 0.396. The molecule has 6 rings (SSSR count). The number of sulfone groups is 1. The summed E-state index contributed by atoms with van der Waals surface area (Å²) in [4.78, 5) is 22.9. The van der Waals surface area contributed by atoms with Gasteiger partial charge in [0.15, 0.2) is 15.5 Å². The van der Waals surface area contributed by atoms with E-state index in [1.165, 1.54) is 12.1 Å². The fourth-order valence-electron chi connectivity index (χ4n) is 5.45. The third-order valence-corrected chi connectivity index (χ3v) is 9.20. The van der Waals surface area contributed by atoms with Crippen LogP contribution in [0.15, 0.2) is 60.7 Å². The summed E-state index contributed by atoms with van der Waals surface area (Å²) in [6.07, 6.45) is 0.450. The first-order valence-electron chi connectivity index (χ1n) is 12.7. The van der Waals surface area contributed by atoms with Gasteiger partial charge in [-0.1, -0.05) is 18.2 Å². The van der Waals surface area contributed by atoms with E-state index in [0.717, 1.165) is 5.69 Å². The van der Waals surface area contributed by atoms with E-state index in [1.54, 1.807) is 22.9 Å². The number of anilines is 1. The van der Waals surface area contributed by atoms with E-state index < -0.39 is 9.84 Å². The largest absolute Gasteiger partial charge is 0.368 e. The number of nitrogens with zero attached hydrogens (tertiary/aromatic N) is 5. The molecule has 0 N–H and O–H groups in total. The Hall–Kier alpha value is -3.79. The first-order valence-corrected chi connectivity index (χ1v) is 14.6. The van der Waals surface area contributed by atoms with Crippen LogP contribution in [0.2, 0.25) is 0 Å². The van der Waals surface area contributed by atoms with Crippen molar-refractivity contribution in [2.75, 3.05) is 42.6 Å². The van der Waals surface area contributed by atoms with Gasteiger partial charge in [0.05, 0.1) is 39.9 Å². The molecule has 2 fully saturated rings. The number of aryl methyl sites for hydroxylation is 1. The highest BCUT2D eigenvalue weighted by molar-refractivity contribution is 7.91. The second kappa shape index (κ2) is 9.50. The fraction of sp³-hybridized carbons (Fsp3) is 0.321. The maximum atomic E-state index is 14.0. The summed E-state index contributed by atoms with van der Waals surface area (Å²) in [5.74, 6) is -0.376. The number of hydrogen-bond donors (Lipinski definition) is 0. The molecule has 4 aromatic rings. The third-order valence-electron chi connectivity index (χ3n) is 7.45. The van der Waals surface area contributed by atoms with Gasteiger partial charge in [-0.25, -0.2) is 22.5 Å². The lowest BCUT2D eigenvalue weighted by Gasteiger charge is -2.36. The molecule has 8 nitrogen and oxygen atoms in total. The van der Waals surface area contributed by atoms with Gasteiger partial charge in [0.1, 0.15) is 5.82 Å². The van der Waals surface area contributed by atoms with Crippen molar-refractivity contribution in [1.82, 2.24) is 19.7 Å². The summed E-state index contributed by atoms with van der Waals surface area (Å²) in [5.41, 5.74) is 3.91. The van der Waals surface area contributed by atoms with Crippen LogP contribution >= 0.6 is 0 Å². The summed E-state index contributed by atoms with van der Waals surface area (Å²) in [6, 6.07) is 17.5. The minimum Gasteiger partial charge on any atom is -0.368 e. The number of piperazine rings is 1. The van der Waals surface area contributed by atoms with Crippen LogP contribution in [0.1, 0.15) is 28.5 Å². The Bertz CT molecular complexity index is 1610. The number of hydrogen-bond acceptors (Lipinski definition) is 6. The number of aromatic nitrogens is 3. The van der Waals surface area contributed by atoms with E-state index in [4.69, 9.17) is 4.98 Å². The number of para-hydroxylation sites is 1. The maximum absolute atomic E-state index is 14.0. The summed E-state index contributed by atoms with van der Waals surface area (Å²) in [7, 11) is -3.15. The van der Waals surface area contributed by atoms with Gasteiger partial charge in [0.2, 0.25) is 0 Å². The molecular formula is C28H28FN5O3S. The average Bonchev–Trinajstić information content (AvgIpc) is 3.47. The molecule has 10 heteroatoms. The standard InChI is InChI=1S/C28H28FN5O3S/c1-19-26-24(28(35)33-14-12-32(13-15-33)22-5-3-2-4-6-22)17-25(20-7-9-21(29)10-8-20)30-27(26)34(31-19)23-11-16-38(36,37)18-23/h2-10,17,23H,11-16,18H2,1H3. The Morgan fingerprint density at radius 1 is 1.00 bits per heavy atom. The summed E-state index contributed by atoms with van der Waals surface area (Å²) in [6.45, 7) is 4.39. The minimum absolute atomic E-state index is 0.00357. The number of halogens is 1. The summed E-state index contributed by atoms with van der Waals surface area (Å²) in [5, 5.41) is 5.31. The lowest BCUT2D eigenvalue weighted by atomic mass is 10.0. The van der Waals surface area contributed by atoms with Crippen molar-refractivity contribution < 1.29 is 17.6 Å². The number of carbonyl (C=O) groups is 1. The van der Waals surface area contributed by atoms with Crippen LogP contribution in [-0.4, -0.2) is 71.7 Å². The van der Waals surface area contributed by atoms with Crippen molar-refractivity contribution in [2.24, 2.45) is 0 Å². The summed E-state index contributed by atoms with van der Waals surface area (Å²) >= 11 is 0. The average molecular weight is 534 g/mol. The van der Waals surface area contributed by atoms with Crippen LogP contribution in [0.5, 0.6) is 0 Å². The van der Waals surface area contributed by atoms with Crippen molar-refractivity contribution in [1.29, 1.82) is 0 Å². The monoisotopic (exact) mass is 533 g/mol. The second-order valence-electron chi connectivity index (χ2n) is 9.96. The molecule has 1 amide bonds. The SMILES string of the molecule is Cc1nn(C2CCS(=O)(=O)C2)c2nc(-c3ccc(F)cc3)cc(C(=O)N3CCN(c4ccccc4)CC3)c12. The topological polar surface area (TPSA) is 88.4 Å². The van der Waals surface area contributed by atoms with E-state index >= 15 is 0 Å². The molecule has 2 aromatic carbocycles. The molecule has 0 spiro atoms. The predicted molar refractivity (Wildman–Crippen MR) is 145 cm³/mol. The molecule has 0 radical (unpaired) electrons. The van der Waals surface area contributed by atoms with E-state index in [2.05, 4.69) is 22.1 Å². The Morgan fingerprint density at radius 3 is 2.37 bits per heavy atom. The van der Waals surface area contributed by atoms with Gasteiger partial charge < -0.3 is 9.80 Å². The van der Waals surface area contributed by atoms with Crippen molar-refractivity contribution in [3.63, 3.8) is 0 Å². The molecule has 4 heterocycles. The van der Waals surface area contributed by atoms with Crippen LogP contribution < -0.4 is 4.90 Å². The van der Waals surface area contributed by atoms with E-state index in [0.29, 0.717) is 66.1 Å². The first kappa shape index (κ1) is 24.5. The number of fused-ring (bicyclic) bond motifs is 1. The normalized spacial score (nSPS) is 19.3. The van der Waals surface area contributed by atoms with Crippen LogP contribution in [0, 0.1) is 12.7 Å². The van der Waals surface area contributed by atoms with Gasteiger partial charge in [0, 0.05) is 37.4 Å². The molecule has 38 heavy (non-hydrogen) atoms. The summed E-state index contributed by atoms with van der Waals surface area (Å²) < 4.78 is 39.8. The van der Waals surface area contributed by atoms with Crippen LogP contribution in [0.3, 0.4) is 0 Å². The highest BCUT2D eigenvalue weighted by atomic mass is 32.2. The minimum atomic E-state index is -3.15. The van der Waals surface area contributed by atoms with Gasteiger partial charge in [-0.2, -0.15) is 5.10 Å². The molecule has 1 unspecified atom stereocenters. The van der Waals surface area contributed by atoms with E-state index in [9.17, 15) is 17.6 Å². The van der Waals surface area contributed by atoms with Gasteiger partial charge in [-0.05, 0) is 55.8 Å². The van der Waals surface area contributed by atoms with E-state index in [1.807, 2.05) is 30.0 Å². The fourth-order valence-corrected chi connectivity index (χ4v) is 7.14. The van der Waals surface area contributed by atoms with Gasteiger partial charge >= 0.3 is 0 Å². The Balaban J connectivity index is 1.40. The molecule has 0 aliphatic carbocycles. The molecule has 2 aromatic heterocycles. The highest BCUT2D eigenvalue weighted by Crippen LogP contribution is 2.33. The zero-order chi connectivity index (χ0) is 26.4. The third kappa shape index (κ3) is 4.53. The number of rotatable bonds is 4. The predicted octanol–water partition coefficient (Wildman–Crippen LogP) is 3.87. The molecule has 2 saturated heterocycles. The van der Waals surface area contributed by atoms with Crippen molar-refractivity contribution in [3.05, 3.63) is 77.7 Å². The van der Waals surface area contributed by atoms with E-state index in [-0.39, 0.29) is 29.3 Å². The van der Waals surface area contributed by atoms with Crippen molar-refractivity contribution in [3.8, 4) is 11.3 Å². The number of benzene rings is 2. The molecule has 0 bridgehead atoms. The van der Waals surface area contributed by atoms with Crippen molar-refractivity contribution >= 4 is 32.5 Å². The van der Waals surface area contributed by atoms with Gasteiger partial charge in [-0.3, -0.25) is 4.79 Å². The smallest absolute Gasteiger partial charge is 0.254 e. The first-order chi connectivity index (χ1) is 18.3. The van der Waals surface area contributed by atoms with Gasteiger partial charge in [-0.15, -0.1) is 0 Å². The Morgan fingerprint density at radius 2 is 1.71 bits per heavy atom. The number of amides is 1. The molecule has 2 aliphatic rings. The van der Waals surface area contributed by atoms with Gasteiger partial charge in [0.25, 0.3) is 5.91 Å². The zero-order valence-electron chi connectivity index (χ0n) is 21.0.